The third-order valence-electron chi connectivity index (χ3n) is 1.62. The molecule has 0 aromatic rings. The van der Waals surface area contributed by atoms with E-state index in [-0.39, 0.29) is 12.5 Å². The zero-order valence-corrected chi connectivity index (χ0v) is 8.47. The summed E-state index contributed by atoms with van der Waals surface area (Å²) in [7, 11) is 0. The van der Waals surface area contributed by atoms with Crippen LogP contribution in [-0.4, -0.2) is 37.3 Å². The Morgan fingerprint density at radius 3 is 2.62 bits per heavy atom. The maximum absolute atomic E-state index is 11.0. The Morgan fingerprint density at radius 1 is 1.38 bits per heavy atom. The number of hydrogen-bond donors (Lipinski definition) is 3. The molecule has 0 spiro atoms. The monoisotopic (exact) mass is 188 g/mol. The van der Waals surface area contributed by atoms with Gasteiger partial charge in [0.25, 0.3) is 0 Å². The molecule has 0 aromatic carbocycles. The van der Waals surface area contributed by atoms with E-state index in [1.807, 2.05) is 0 Å². The van der Waals surface area contributed by atoms with Crippen LogP contribution in [0, 0.1) is 5.92 Å². The van der Waals surface area contributed by atoms with Gasteiger partial charge in [-0.25, -0.2) is 0 Å². The minimum atomic E-state index is -0.00546. The van der Waals surface area contributed by atoms with E-state index in [1.165, 1.54) is 0 Å². The summed E-state index contributed by atoms with van der Waals surface area (Å²) in [6, 6.07) is 0. The van der Waals surface area contributed by atoms with Gasteiger partial charge < -0.3 is 15.7 Å². The molecular weight excluding hydrogens is 168 g/mol. The summed E-state index contributed by atoms with van der Waals surface area (Å²) in [5.74, 6) is 0.611. The van der Waals surface area contributed by atoms with Crippen molar-refractivity contribution in [3.05, 3.63) is 0 Å². The smallest absolute Gasteiger partial charge is 0.233 e. The predicted octanol–water partition coefficient (Wildman–Crippen LogP) is -0.269. The molecule has 0 aliphatic carbocycles. The summed E-state index contributed by atoms with van der Waals surface area (Å²) in [5, 5.41) is 14.0. The third kappa shape index (κ3) is 9.30. The molecule has 4 heteroatoms. The first-order chi connectivity index (χ1) is 6.16. The average molecular weight is 188 g/mol. The van der Waals surface area contributed by atoms with Crippen LogP contribution in [0.2, 0.25) is 0 Å². The molecule has 4 nitrogen and oxygen atoms in total. The molecule has 3 N–H and O–H groups in total. The van der Waals surface area contributed by atoms with Gasteiger partial charge in [-0.2, -0.15) is 0 Å². The first kappa shape index (κ1) is 12.4. The van der Waals surface area contributed by atoms with Crippen molar-refractivity contribution in [3.63, 3.8) is 0 Å². The number of carbonyl (C=O) groups is 1. The van der Waals surface area contributed by atoms with Gasteiger partial charge in [0.2, 0.25) is 5.91 Å². The Morgan fingerprint density at radius 2 is 2.08 bits per heavy atom. The molecule has 0 saturated carbocycles. The standard InChI is InChI=1S/C9H20N2O2/c1-8(2)3-4-11-9(13)7-10-5-6-12/h8,10,12H,3-7H2,1-2H3,(H,11,13). The molecular formula is C9H20N2O2. The Kier molecular flexibility index (Phi) is 7.63. The molecule has 0 atom stereocenters. The van der Waals surface area contributed by atoms with Gasteiger partial charge in [0, 0.05) is 13.1 Å². The highest BCUT2D eigenvalue weighted by atomic mass is 16.3. The van der Waals surface area contributed by atoms with Gasteiger partial charge >= 0.3 is 0 Å². The lowest BCUT2D eigenvalue weighted by molar-refractivity contribution is -0.120. The van der Waals surface area contributed by atoms with Crippen molar-refractivity contribution in [2.75, 3.05) is 26.2 Å². The normalized spacial score (nSPS) is 10.5. The molecule has 0 radical (unpaired) electrons. The Hall–Kier alpha value is -0.610. The Bertz CT molecular complexity index is 138. The highest BCUT2D eigenvalue weighted by Gasteiger charge is 1.99. The van der Waals surface area contributed by atoms with E-state index in [4.69, 9.17) is 5.11 Å². The molecule has 0 aliphatic heterocycles. The second-order valence-corrected chi connectivity index (χ2v) is 3.43. The van der Waals surface area contributed by atoms with Gasteiger partial charge in [0.05, 0.1) is 13.2 Å². The number of aliphatic hydroxyl groups is 1. The van der Waals surface area contributed by atoms with E-state index >= 15 is 0 Å². The molecule has 0 unspecified atom stereocenters. The number of hydrogen-bond acceptors (Lipinski definition) is 3. The van der Waals surface area contributed by atoms with Crippen molar-refractivity contribution >= 4 is 5.91 Å². The summed E-state index contributed by atoms with van der Waals surface area (Å²) >= 11 is 0. The maximum atomic E-state index is 11.0. The van der Waals surface area contributed by atoms with E-state index in [0.717, 1.165) is 13.0 Å². The quantitative estimate of drug-likeness (QED) is 0.482. The molecule has 78 valence electrons. The first-order valence-electron chi connectivity index (χ1n) is 4.75. The summed E-state index contributed by atoms with van der Waals surface area (Å²) in [4.78, 5) is 11.0. The fourth-order valence-electron chi connectivity index (χ4n) is 0.844. The van der Waals surface area contributed by atoms with Crippen LogP contribution in [-0.2, 0) is 4.79 Å². The van der Waals surface area contributed by atoms with Gasteiger partial charge in [-0.3, -0.25) is 4.79 Å². The molecule has 0 aromatic heterocycles. The van der Waals surface area contributed by atoms with Gasteiger partial charge in [-0.15, -0.1) is 0 Å². The van der Waals surface area contributed by atoms with Crippen LogP contribution in [0.25, 0.3) is 0 Å². The van der Waals surface area contributed by atoms with E-state index < -0.39 is 0 Å². The van der Waals surface area contributed by atoms with Crippen molar-refractivity contribution in [2.45, 2.75) is 20.3 Å². The lowest BCUT2D eigenvalue weighted by Crippen LogP contribution is -2.35. The molecule has 0 fully saturated rings. The molecule has 0 saturated heterocycles. The second-order valence-electron chi connectivity index (χ2n) is 3.43. The largest absolute Gasteiger partial charge is 0.395 e. The van der Waals surface area contributed by atoms with Crippen LogP contribution >= 0.6 is 0 Å². The van der Waals surface area contributed by atoms with Crippen LogP contribution in [0.5, 0.6) is 0 Å². The van der Waals surface area contributed by atoms with E-state index in [9.17, 15) is 4.79 Å². The summed E-state index contributed by atoms with van der Waals surface area (Å²) in [6.07, 6.45) is 1.01. The summed E-state index contributed by atoms with van der Waals surface area (Å²) < 4.78 is 0. The SMILES string of the molecule is CC(C)CCNC(=O)CNCCO. The summed E-state index contributed by atoms with van der Waals surface area (Å²) in [6.45, 7) is 5.80. The van der Waals surface area contributed by atoms with Crippen LogP contribution in [0.4, 0.5) is 0 Å². The van der Waals surface area contributed by atoms with Gasteiger partial charge in [-0.1, -0.05) is 13.8 Å². The highest BCUT2D eigenvalue weighted by Crippen LogP contribution is 1.95. The van der Waals surface area contributed by atoms with Gasteiger partial charge in [-0.05, 0) is 12.3 Å². The minimum Gasteiger partial charge on any atom is -0.395 e. The van der Waals surface area contributed by atoms with Crippen molar-refractivity contribution in [1.29, 1.82) is 0 Å². The van der Waals surface area contributed by atoms with Crippen LogP contribution in [0.15, 0.2) is 0 Å². The zero-order chi connectivity index (χ0) is 10.1. The minimum absolute atomic E-state index is 0.00546. The van der Waals surface area contributed by atoms with E-state index in [0.29, 0.717) is 19.0 Å². The molecule has 0 aliphatic rings. The number of rotatable bonds is 7. The third-order valence-corrected chi connectivity index (χ3v) is 1.62. The number of carbonyl (C=O) groups excluding carboxylic acids is 1. The van der Waals surface area contributed by atoms with E-state index in [1.54, 1.807) is 0 Å². The van der Waals surface area contributed by atoms with E-state index in [2.05, 4.69) is 24.5 Å². The maximum Gasteiger partial charge on any atom is 0.233 e. The number of aliphatic hydroxyl groups excluding tert-OH is 1. The zero-order valence-electron chi connectivity index (χ0n) is 8.47. The molecule has 0 heterocycles. The molecule has 0 rings (SSSR count). The second kappa shape index (κ2) is 8.01. The summed E-state index contributed by atoms with van der Waals surface area (Å²) in [5.41, 5.74) is 0. The lowest BCUT2D eigenvalue weighted by Gasteiger charge is -2.07. The lowest BCUT2D eigenvalue weighted by atomic mass is 10.1. The topological polar surface area (TPSA) is 61.4 Å². The number of nitrogens with one attached hydrogen (secondary N) is 2. The fraction of sp³-hybridized carbons (Fsp3) is 0.889. The van der Waals surface area contributed by atoms with Crippen molar-refractivity contribution in [2.24, 2.45) is 5.92 Å². The molecule has 1 amide bonds. The van der Waals surface area contributed by atoms with Crippen molar-refractivity contribution in [1.82, 2.24) is 10.6 Å². The van der Waals surface area contributed by atoms with Crippen LogP contribution in [0.1, 0.15) is 20.3 Å². The molecule has 0 bridgehead atoms. The Balaban J connectivity index is 3.20. The first-order valence-corrected chi connectivity index (χ1v) is 4.75. The van der Waals surface area contributed by atoms with Crippen LogP contribution in [0.3, 0.4) is 0 Å². The van der Waals surface area contributed by atoms with Crippen molar-refractivity contribution in [3.8, 4) is 0 Å². The Labute approximate surface area is 79.7 Å². The highest BCUT2D eigenvalue weighted by molar-refractivity contribution is 5.77. The van der Waals surface area contributed by atoms with Gasteiger partial charge in [0.1, 0.15) is 0 Å². The van der Waals surface area contributed by atoms with Crippen LogP contribution < -0.4 is 10.6 Å². The van der Waals surface area contributed by atoms with Crippen molar-refractivity contribution < 1.29 is 9.90 Å². The average Bonchev–Trinajstić information content (AvgIpc) is 2.04. The predicted molar refractivity (Wildman–Crippen MR) is 52.4 cm³/mol. The number of amides is 1. The molecule has 13 heavy (non-hydrogen) atoms. The fourth-order valence-corrected chi connectivity index (χ4v) is 0.844. The van der Waals surface area contributed by atoms with Gasteiger partial charge in [0.15, 0.2) is 0 Å².